The molecule has 2 heterocycles. The molecule has 0 unspecified atom stereocenters. The first-order valence-electron chi connectivity index (χ1n) is 8.38. The van der Waals surface area contributed by atoms with E-state index in [0.29, 0.717) is 0 Å². The van der Waals surface area contributed by atoms with Crippen molar-refractivity contribution in [3.63, 3.8) is 0 Å². The Bertz CT molecular complexity index is 926. The SMILES string of the molecule is COC(=O)[C@H]1C[C@H](Oc2ccccc2F)CN1C(=O)c1cccn(C)c1=O. The van der Waals surface area contributed by atoms with E-state index in [1.165, 1.54) is 54.1 Å². The standard InChI is InChI=1S/C19H19FN2O5/c1-21-9-5-6-13(17(21)23)18(24)22-11-12(10-15(22)19(25)26-2)27-16-8-4-3-7-14(16)20/h3-9,12,15H,10-11H2,1-2H3/t12-,15+/m0/s1. The fourth-order valence-corrected chi connectivity index (χ4v) is 3.10. The second-order valence-electron chi connectivity index (χ2n) is 6.24. The number of methoxy groups -OCH3 is 1. The summed E-state index contributed by atoms with van der Waals surface area (Å²) in [6, 6.07) is 7.97. The molecule has 0 bridgehead atoms. The average Bonchev–Trinajstić information content (AvgIpc) is 3.08. The molecule has 7 nitrogen and oxygen atoms in total. The van der Waals surface area contributed by atoms with Crippen LogP contribution in [0.25, 0.3) is 0 Å². The number of para-hydroxylation sites is 1. The molecule has 0 spiro atoms. The predicted molar refractivity (Wildman–Crippen MR) is 94.0 cm³/mol. The van der Waals surface area contributed by atoms with Crippen LogP contribution in [0.4, 0.5) is 4.39 Å². The lowest BCUT2D eigenvalue weighted by molar-refractivity contribution is -0.145. The van der Waals surface area contributed by atoms with E-state index in [1.54, 1.807) is 12.1 Å². The highest BCUT2D eigenvalue weighted by Crippen LogP contribution is 2.26. The molecule has 0 radical (unpaired) electrons. The van der Waals surface area contributed by atoms with Crippen LogP contribution in [-0.4, -0.2) is 47.1 Å². The fourth-order valence-electron chi connectivity index (χ4n) is 3.10. The van der Waals surface area contributed by atoms with Crippen molar-refractivity contribution >= 4 is 11.9 Å². The number of carbonyl (C=O) groups is 2. The van der Waals surface area contributed by atoms with Crippen molar-refractivity contribution in [1.82, 2.24) is 9.47 Å². The van der Waals surface area contributed by atoms with E-state index < -0.39 is 35.4 Å². The van der Waals surface area contributed by atoms with E-state index >= 15 is 0 Å². The summed E-state index contributed by atoms with van der Waals surface area (Å²) in [4.78, 5) is 38.5. The Kier molecular flexibility index (Phi) is 5.25. The maximum atomic E-state index is 13.8. The number of benzene rings is 1. The summed E-state index contributed by atoms with van der Waals surface area (Å²) < 4.78 is 25.5. The van der Waals surface area contributed by atoms with Gasteiger partial charge in [-0.1, -0.05) is 12.1 Å². The van der Waals surface area contributed by atoms with Gasteiger partial charge >= 0.3 is 5.97 Å². The second kappa shape index (κ2) is 7.61. The molecule has 1 aliphatic heterocycles. The molecule has 1 fully saturated rings. The molecule has 3 rings (SSSR count). The minimum absolute atomic E-state index is 0.0327. The lowest BCUT2D eigenvalue weighted by atomic mass is 10.2. The summed E-state index contributed by atoms with van der Waals surface area (Å²) >= 11 is 0. The van der Waals surface area contributed by atoms with Crippen molar-refractivity contribution in [3.8, 4) is 5.75 Å². The Morgan fingerprint density at radius 2 is 1.93 bits per heavy atom. The number of likely N-dealkylation sites (tertiary alicyclic amines) is 1. The molecule has 1 aromatic heterocycles. The van der Waals surface area contributed by atoms with Gasteiger partial charge < -0.3 is 18.9 Å². The van der Waals surface area contributed by atoms with Crippen LogP contribution in [0.1, 0.15) is 16.8 Å². The highest BCUT2D eigenvalue weighted by Gasteiger charge is 2.42. The van der Waals surface area contributed by atoms with Gasteiger partial charge in [0.2, 0.25) is 0 Å². The zero-order chi connectivity index (χ0) is 19.6. The smallest absolute Gasteiger partial charge is 0.328 e. The molecule has 0 saturated carbocycles. The number of carbonyl (C=O) groups excluding carboxylic acids is 2. The molecule has 27 heavy (non-hydrogen) atoms. The Morgan fingerprint density at radius 1 is 1.19 bits per heavy atom. The number of halogens is 1. The maximum Gasteiger partial charge on any atom is 0.328 e. The monoisotopic (exact) mass is 374 g/mol. The summed E-state index contributed by atoms with van der Waals surface area (Å²) in [5.74, 6) is -1.70. The number of ether oxygens (including phenoxy) is 2. The Labute approximate surface area is 154 Å². The van der Waals surface area contributed by atoms with Gasteiger partial charge in [-0.05, 0) is 24.3 Å². The zero-order valence-electron chi connectivity index (χ0n) is 14.9. The van der Waals surface area contributed by atoms with Gasteiger partial charge in [-0.25, -0.2) is 9.18 Å². The van der Waals surface area contributed by atoms with Gasteiger partial charge in [0.25, 0.3) is 11.5 Å². The molecule has 1 aliphatic rings. The van der Waals surface area contributed by atoms with Crippen LogP contribution in [-0.2, 0) is 16.6 Å². The Balaban J connectivity index is 1.87. The molecule has 8 heteroatoms. The number of esters is 1. The quantitative estimate of drug-likeness (QED) is 0.755. The predicted octanol–water partition coefficient (Wildman–Crippen LogP) is 1.36. The number of rotatable bonds is 4. The van der Waals surface area contributed by atoms with Crippen LogP contribution in [0.5, 0.6) is 5.75 Å². The maximum absolute atomic E-state index is 13.8. The lowest BCUT2D eigenvalue weighted by Gasteiger charge is -2.22. The van der Waals surface area contributed by atoms with E-state index in [0.717, 1.165) is 0 Å². The molecule has 2 aromatic rings. The molecule has 1 saturated heterocycles. The molecular formula is C19H19FN2O5. The lowest BCUT2D eigenvalue weighted by Crippen LogP contribution is -2.43. The van der Waals surface area contributed by atoms with Crippen LogP contribution >= 0.6 is 0 Å². The second-order valence-corrected chi connectivity index (χ2v) is 6.24. The van der Waals surface area contributed by atoms with E-state index in [2.05, 4.69) is 0 Å². The van der Waals surface area contributed by atoms with Gasteiger partial charge in [-0.3, -0.25) is 9.59 Å². The van der Waals surface area contributed by atoms with Crippen molar-refractivity contribution in [1.29, 1.82) is 0 Å². The first-order valence-corrected chi connectivity index (χ1v) is 8.38. The van der Waals surface area contributed by atoms with E-state index in [9.17, 15) is 18.8 Å². The highest BCUT2D eigenvalue weighted by atomic mass is 19.1. The number of hydrogen-bond acceptors (Lipinski definition) is 5. The van der Waals surface area contributed by atoms with Crippen molar-refractivity contribution in [2.45, 2.75) is 18.6 Å². The zero-order valence-corrected chi connectivity index (χ0v) is 14.9. The van der Waals surface area contributed by atoms with Crippen molar-refractivity contribution < 1.29 is 23.5 Å². The summed E-state index contributed by atoms with van der Waals surface area (Å²) in [6.07, 6.45) is 1.06. The van der Waals surface area contributed by atoms with E-state index in [1.807, 2.05) is 0 Å². The molecule has 2 atom stereocenters. The number of aryl methyl sites for hydroxylation is 1. The third kappa shape index (κ3) is 3.69. The van der Waals surface area contributed by atoms with Crippen LogP contribution in [0.15, 0.2) is 47.4 Å². The molecule has 0 aliphatic carbocycles. The first kappa shape index (κ1) is 18.6. The Morgan fingerprint density at radius 3 is 2.63 bits per heavy atom. The number of pyridine rings is 1. The molecule has 0 N–H and O–H groups in total. The molecule has 1 aromatic carbocycles. The minimum Gasteiger partial charge on any atom is -0.485 e. The van der Waals surface area contributed by atoms with Crippen molar-refractivity contribution in [2.24, 2.45) is 7.05 Å². The number of amides is 1. The number of nitrogens with zero attached hydrogens (tertiary/aromatic N) is 2. The third-order valence-corrected chi connectivity index (χ3v) is 4.48. The molecular weight excluding hydrogens is 355 g/mol. The van der Waals surface area contributed by atoms with Crippen LogP contribution in [0, 0.1) is 5.82 Å². The van der Waals surface area contributed by atoms with Gasteiger partial charge in [0.15, 0.2) is 11.6 Å². The number of aromatic nitrogens is 1. The summed E-state index contributed by atoms with van der Waals surface area (Å²) in [6.45, 7) is 0.0327. The third-order valence-electron chi connectivity index (χ3n) is 4.48. The minimum atomic E-state index is -0.913. The topological polar surface area (TPSA) is 77.8 Å². The van der Waals surface area contributed by atoms with E-state index in [-0.39, 0.29) is 24.3 Å². The van der Waals surface area contributed by atoms with Gasteiger partial charge in [0.05, 0.1) is 13.7 Å². The van der Waals surface area contributed by atoms with Crippen molar-refractivity contribution in [2.75, 3.05) is 13.7 Å². The summed E-state index contributed by atoms with van der Waals surface area (Å²) in [5, 5.41) is 0. The summed E-state index contributed by atoms with van der Waals surface area (Å²) in [5.41, 5.74) is -0.523. The van der Waals surface area contributed by atoms with Gasteiger partial charge in [0, 0.05) is 19.7 Å². The first-order chi connectivity index (χ1) is 12.9. The normalized spacial score (nSPS) is 19.0. The van der Waals surface area contributed by atoms with Crippen LogP contribution in [0.3, 0.4) is 0 Å². The molecule has 142 valence electrons. The van der Waals surface area contributed by atoms with Gasteiger partial charge in [0.1, 0.15) is 17.7 Å². The fraction of sp³-hybridized carbons (Fsp3) is 0.316. The Hall–Kier alpha value is -3.16. The van der Waals surface area contributed by atoms with Crippen LogP contribution in [0.2, 0.25) is 0 Å². The van der Waals surface area contributed by atoms with Crippen LogP contribution < -0.4 is 10.3 Å². The highest BCUT2D eigenvalue weighted by molar-refractivity contribution is 5.97. The average molecular weight is 374 g/mol. The van der Waals surface area contributed by atoms with Crippen molar-refractivity contribution in [3.05, 3.63) is 64.3 Å². The number of hydrogen-bond donors (Lipinski definition) is 0. The summed E-state index contributed by atoms with van der Waals surface area (Å²) in [7, 11) is 2.75. The molecule has 1 amide bonds. The van der Waals surface area contributed by atoms with E-state index in [4.69, 9.17) is 9.47 Å². The van der Waals surface area contributed by atoms with Gasteiger partial charge in [-0.15, -0.1) is 0 Å². The largest absolute Gasteiger partial charge is 0.485 e. The van der Waals surface area contributed by atoms with Gasteiger partial charge in [-0.2, -0.15) is 0 Å².